The van der Waals surface area contributed by atoms with Gasteiger partial charge in [-0.25, -0.2) is 0 Å². The molecule has 0 fully saturated rings. The molecule has 0 saturated carbocycles. The van der Waals surface area contributed by atoms with Gasteiger partial charge in [0, 0.05) is 6.54 Å². The average Bonchev–Trinajstić information content (AvgIpc) is 2.33. The molecule has 1 aromatic carbocycles. The number of thiol groups is 1. The second-order valence-corrected chi connectivity index (χ2v) is 5.35. The predicted octanol–water partition coefficient (Wildman–Crippen LogP) is 3.11. The van der Waals surface area contributed by atoms with Crippen LogP contribution in [0.5, 0.6) is 5.75 Å². The average molecular weight is 267 g/mol. The molecule has 0 N–H and O–H groups in total. The molecule has 0 heterocycles. The number of aryl methyl sites for hydroxylation is 2. The van der Waals surface area contributed by atoms with Crippen molar-refractivity contribution in [3.05, 3.63) is 28.8 Å². The Morgan fingerprint density at radius 1 is 1.22 bits per heavy atom. The van der Waals surface area contributed by atoms with Gasteiger partial charge in [-0.3, -0.25) is 0 Å². The van der Waals surface area contributed by atoms with E-state index < -0.39 is 0 Å². The Morgan fingerprint density at radius 3 is 2.56 bits per heavy atom. The van der Waals surface area contributed by atoms with Gasteiger partial charge < -0.3 is 9.64 Å². The first-order valence-electron chi connectivity index (χ1n) is 6.52. The van der Waals surface area contributed by atoms with Crippen LogP contribution in [-0.2, 0) is 6.42 Å². The molecule has 18 heavy (non-hydrogen) atoms. The standard InChI is InChI=1S/C15H25NOS/c1-12-10-13(2)15(17-4)14(11-12)6-8-16(3)7-5-9-18/h10-11,18H,5-9H2,1-4H3. The summed E-state index contributed by atoms with van der Waals surface area (Å²) in [6, 6.07) is 4.41. The van der Waals surface area contributed by atoms with E-state index in [2.05, 4.69) is 50.6 Å². The highest BCUT2D eigenvalue weighted by atomic mass is 32.1. The number of benzene rings is 1. The van der Waals surface area contributed by atoms with E-state index in [0.717, 1.165) is 37.4 Å². The van der Waals surface area contributed by atoms with Gasteiger partial charge in [0.15, 0.2) is 0 Å². The third kappa shape index (κ3) is 4.54. The Bertz CT molecular complexity index is 379. The Balaban J connectivity index is 2.66. The molecule has 0 aliphatic heterocycles. The lowest BCUT2D eigenvalue weighted by Crippen LogP contribution is -2.23. The molecule has 0 bridgehead atoms. The molecule has 3 heteroatoms. The highest BCUT2D eigenvalue weighted by Crippen LogP contribution is 2.25. The fourth-order valence-corrected chi connectivity index (χ4v) is 2.43. The monoisotopic (exact) mass is 267 g/mol. The summed E-state index contributed by atoms with van der Waals surface area (Å²) < 4.78 is 5.51. The van der Waals surface area contributed by atoms with E-state index in [-0.39, 0.29) is 0 Å². The zero-order valence-corrected chi connectivity index (χ0v) is 12.9. The number of nitrogens with zero attached hydrogens (tertiary/aromatic N) is 1. The summed E-state index contributed by atoms with van der Waals surface area (Å²) in [7, 11) is 3.92. The van der Waals surface area contributed by atoms with Gasteiger partial charge in [0.1, 0.15) is 5.75 Å². The van der Waals surface area contributed by atoms with Crippen molar-refractivity contribution in [2.45, 2.75) is 26.7 Å². The van der Waals surface area contributed by atoms with Gasteiger partial charge >= 0.3 is 0 Å². The van der Waals surface area contributed by atoms with Crippen LogP contribution in [0.4, 0.5) is 0 Å². The molecule has 0 radical (unpaired) electrons. The fourth-order valence-electron chi connectivity index (χ4n) is 2.28. The van der Waals surface area contributed by atoms with Crippen LogP contribution in [0, 0.1) is 13.8 Å². The SMILES string of the molecule is COc1c(C)cc(C)cc1CCN(C)CCCS. The maximum atomic E-state index is 5.51. The van der Waals surface area contributed by atoms with Crippen LogP contribution < -0.4 is 4.74 Å². The first kappa shape index (κ1) is 15.4. The summed E-state index contributed by atoms with van der Waals surface area (Å²) in [5.74, 6) is 2.00. The zero-order chi connectivity index (χ0) is 13.5. The number of rotatable bonds is 7. The second kappa shape index (κ2) is 7.70. The van der Waals surface area contributed by atoms with Crippen molar-refractivity contribution in [2.75, 3.05) is 33.0 Å². The van der Waals surface area contributed by atoms with E-state index in [1.54, 1.807) is 7.11 Å². The van der Waals surface area contributed by atoms with Gasteiger partial charge in [-0.1, -0.05) is 17.7 Å². The number of likely N-dealkylation sites (N-methyl/N-ethyl adjacent to an activating group) is 1. The molecule has 1 rings (SSSR count). The zero-order valence-electron chi connectivity index (χ0n) is 12.0. The molecule has 0 spiro atoms. The van der Waals surface area contributed by atoms with Crippen LogP contribution in [0.15, 0.2) is 12.1 Å². The van der Waals surface area contributed by atoms with Gasteiger partial charge in [0.2, 0.25) is 0 Å². The summed E-state index contributed by atoms with van der Waals surface area (Å²) in [6.45, 7) is 6.42. The summed E-state index contributed by atoms with van der Waals surface area (Å²) in [5, 5.41) is 0. The van der Waals surface area contributed by atoms with Crippen LogP contribution in [0.3, 0.4) is 0 Å². The van der Waals surface area contributed by atoms with Crippen molar-refractivity contribution in [3.63, 3.8) is 0 Å². The Hall–Kier alpha value is -0.670. The van der Waals surface area contributed by atoms with Gasteiger partial charge in [-0.05, 0) is 57.2 Å². The van der Waals surface area contributed by atoms with Crippen LogP contribution >= 0.6 is 12.6 Å². The van der Waals surface area contributed by atoms with Gasteiger partial charge in [0.25, 0.3) is 0 Å². The molecular formula is C15H25NOS. The van der Waals surface area contributed by atoms with E-state index in [1.165, 1.54) is 16.7 Å². The molecule has 0 aliphatic carbocycles. The van der Waals surface area contributed by atoms with Crippen LogP contribution in [0.1, 0.15) is 23.1 Å². The third-order valence-corrected chi connectivity index (χ3v) is 3.48. The Morgan fingerprint density at radius 2 is 1.94 bits per heavy atom. The highest BCUT2D eigenvalue weighted by Gasteiger charge is 2.08. The molecule has 0 aromatic heterocycles. The molecule has 0 unspecified atom stereocenters. The lowest BCUT2D eigenvalue weighted by molar-refractivity contribution is 0.336. The van der Waals surface area contributed by atoms with Crippen molar-refractivity contribution in [2.24, 2.45) is 0 Å². The van der Waals surface area contributed by atoms with E-state index in [4.69, 9.17) is 4.74 Å². The molecule has 0 aliphatic rings. The lowest BCUT2D eigenvalue weighted by atomic mass is 10.0. The quantitative estimate of drug-likeness (QED) is 0.762. The minimum atomic E-state index is 0.956. The van der Waals surface area contributed by atoms with Gasteiger partial charge in [0.05, 0.1) is 7.11 Å². The smallest absolute Gasteiger partial charge is 0.125 e. The molecular weight excluding hydrogens is 242 g/mol. The summed E-state index contributed by atoms with van der Waals surface area (Å²) in [6.07, 6.45) is 2.18. The Labute approximate surface area is 117 Å². The molecule has 2 nitrogen and oxygen atoms in total. The minimum absolute atomic E-state index is 0.956. The predicted molar refractivity (Wildman–Crippen MR) is 82.1 cm³/mol. The maximum absolute atomic E-state index is 5.51. The van der Waals surface area contributed by atoms with Crippen molar-refractivity contribution in [1.29, 1.82) is 0 Å². The van der Waals surface area contributed by atoms with Crippen molar-refractivity contribution in [1.82, 2.24) is 4.90 Å². The molecule has 102 valence electrons. The van der Waals surface area contributed by atoms with Crippen molar-refractivity contribution in [3.8, 4) is 5.75 Å². The van der Waals surface area contributed by atoms with E-state index >= 15 is 0 Å². The first-order valence-corrected chi connectivity index (χ1v) is 7.15. The summed E-state index contributed by atoms with van der Waals surface area (Å²) >= 11 is 4.24. The maximum Gasteiger partial charge on any atom is 0.125 e. The number of ether oxygens (including phenoxy) is 1. The minimum Gasteiger partial charge on any atom is -0.496 e. The van der Waals surface area contributed by atoms with Gasteiger partial charge in [-0.15, -0.1) is 0 Å². The van der Waals surface area contributed by atoms with Crippen LogP contribution in [0.2, 0.25) is 0 Å². The number of methoxy groups -OCH3 is 1. The summed E-state index contributed by atoms with van der Waals surface area (Å²) in [5.41, 5.74) is 3.85. The lowest BCUT2D eigenvalue weighted by Gasteiger charge is -2.18. The normalized spacial score (nSPS) is 11.0. The Kier molecular flexibility index (Phi) is 6.58. The molecule has 0 atom stereocenters. The second-order valence-electron chi connectivity index (χ2n) is 4.90. The third-order valence-electron chi connectivity index (χ3n) is 3.16. The topological polar surface area (TPSA) is 12.5 Å². The first-order chi connectivity index (χ1) is 8.58. The largest absolute Gasteiger partial charge is 0.496 e. The number of hydrogen-bond acceptors (Lipinski definition) is 3. The van der Waals surface area contributed by atoms with Gasteiger partial charge in [-0.2, -0.15) is 12.6 Å². The van der Waals surface area contributed by atoms with Crippen molar-refractivity contribution < 1.29 is 4.74 Å². The molecule has 0 amide bonds. The van der Waals surface area contributed by atoms with E-state index in [1.807, 2.05) is 0 Å². The molecule has 1 aromatic rings. The van der Waals surface area contributed by atoms with Crippen LogP contribution in [-0.4, -0.2) is 37.9 Å². The van der Waals surface area contributed by atoms with E-state index in [9.17, 15) is 0 Å². The van der Waals surface area contributed by atoms with Crippen LogP contribution in [0.25, 0.3) is 0 Å². The summed E-state index contributed by atoms with van der Waals surface area (Å²) in [4.78, 5) is 2.35. The fraction of sp³-hybridized carbons (Fsp3) is 0.600. The molecule has 0 saturated heterocycles. The number of hydrogen-bond donors (Lipinski definition) is 1. The highest BCUT2D eigenvalue weighted by molar-refractivity contribution is 7.80. The van der Waals surface area contributed by atoms with Crippen molar-refractivity contribution >= 4 is 12.6 Å². The van der Waals surface area contributed by atoms with E-state index in [0.29, 0.717) is 0 Å².